The second kappa shape index (κ2) is 9.74. The van der Waals surface area contributed by atoms with Gasteiger partial charge in [0, 0.05) is 46.6 Å². The van der Waals surface area contributed by atoms with Crippen LogP contribution in [-0.2, 0) is 16.8 Å². The summed E-state index contributed by atoms with van der Waals surface area (Å²) in [5, 5.41) is 33.2. The lowest BCUT2D eigenvalue weighted by atomic mass is 9.52. The number of aromatic nitrogens is 2. The molecule has 0 saturated carbocycles. The Morgan fingerprint density at radius 3 is 2.60 bits per heavy atom. The topological polar surface area (TPSA) is 136 Å². The third kappa shape index (κ3) is 3.86. The number of aliphatic carboxylic acids is 1. The van der Waals surface area contributed by atoms with E-state index in [9.17, 15) is 19.8 Å². The van der Waals surface area contributed by atoms with Gasteiger partial charge in [0.15, 0.2) is 11.4 Å². The summed E-state index contributed by atoms with van der Waals surface area (Å²) in [5.74, 6) is -2.21. The van der Waals surface area contributed by atoms with Crippen LogP contribution in [-0.4, -0.2) is 56.8 Å². The van der Waals surface area contributed by atoms with Crippen molar-refractivity contribution in [1.82, 2.24) is 15.3 Å². The second-order valence-electron chi connectivity index (χ2n) is 11.1. The summed E-state index contributed by atoms with van der Waals surface area (Å²) in [6.45, 7) is 4.67. The van der Waals surface area contributed by atoms with Crippen molar-refractivity contribution >= 4 is 29.2 Å². The molecule has 9 rings (SSSR count). The van der Waals surface area contributed by atoms with E-state index in [1.165, 1.54) is 0 Å². The molecule has 2 aliphatic carbocycles. The fourth-order valence-electron chi connectivity index (χ4n) is 7.44. The molecule has 1 saturated heterocycles. The van der Waals surface area contributed by atoms with Crippen molar-refractivity contribution in [2.24, 2.45) is 11.8 Å². The number of anilines is 1. The minimum absolute atomic E-state index is 0.0796. The van der Waals surface area contributed by atoms with E-state index in [-0.39, 0.29) is 41.5 Å². The number of allylic oxidation sites excluding steroid dienone is 6. The predicted octanol–water partition coefficient (Wildman–Crippen LogP) is 3.69. The number of nitrogens with one attached hydrogen (secondary N) is 1. The molecule has 1 aromatic heterocycles. The first-order valence-electron chi connectivity index (χ1n) is 13.5. The van der Waals surface area contributed by atoms with Crippen LogP contribution in [0.5, 0.6) is 5.75 Å². The Kier molecular flexibility index (Phi) is 6.46. The Balaban J connectivity index is 1.58. The van der Waals surface area contributed by atoms with Gasteiger partial charge in [-0.1, -0.05) is 42.8 Å². The molecule has 1 aromatic carbocycles. The third-order valence-electron chi connectivity index (χ3n) is 9.20. The van der Waals surface area contributed by atoms with E-state index in [0.717, 1.165) is 53.9 Å². The van der Waals surface area contributed by atoms with Crippen molar-refractivity contribution < 1.29 is 24.9 Å². The van der Waals surface area contributed by atoms with Crippen molar-refractivity contribution in [2.75, 3.05) is 24.5 Å². The highest BCUT2D eigenvalue weighted by atomic mass is 35.5. The number of carboxylic acid groups (broad SMARTS) is 1. The highest BCUT2D eigenvalue weighted by Gasteiger charge is 2.57. The first-order chi connectivity index (χ1) is 19.2. The maximum absolute atomic E-state index is 12.9. The highest BCUT2D eigenvalue weighted by Crippen LogP contribution is 2.62. The zero-order valence-corrected chi connectivity index (χ0v) is 23.1. The molecule has 9 nitrogen and oxygen atoms in total. The minimum atomic E-state index is -1.20. The van der Waals surface area contributed by atoms with Gasteiger partial charge in [0.1, 0.15) is 12.4 Å². The largest absolute Gasteiger partial charge is 0.504 e. The van der Waals surface area contributed by atoms with Crippen LogP contribution >= 0.6 is 11.6 Å². The molecule has 5 aliphatic heterocycles. The molecule has 3 atom stereocenters. The summed E-state index contributed by atoms with van der Waals surface area (Å²) in [6.07, 6.45) is 8.02. The van der Waals surface area contributed by atoms with Crippen molar-refractivity contribution in [2.45, 2.75) is 44.6 Å². The molecule has 4 N–H and O–H groups in total. The molecule has 7 aliphatic rings. The average Bonchev–Trinajstić information content (AvgIpc) is 3.54. The van der Waals surface area contributed by atoms with E-state index in [1.807, 2.05) is 6.08 Å². The van der Waals surface area contributed by atoms with E-state index in [1.54, 1.807) is 6.92 Å². The highest BCUT2D eigenvalue weighted by molar-refractivity contribution is 6.32. The third-order valence-corrected chi connectivity index (χ3v) is 9.53. The predicted molar refractivity (Wildman–Crippen MR) is 149 cm³/mol. The SMILES string of the molecule is Cc1nc(C(C)C2(C3C4=CC(Cl)=C3C=C4)c3ccc(c(CO)c3)N3CCC2CC3)nc(C(=O)NCC(=O)O)c1O. The van der Waals surface area contributed by atoms with Gasteiger partial charge in [-0.3, -0.25) is 9.59 Å². The quantitative estimate of drug-likeness (QED) is 0.401. The molecule has 40 heavy (non-hydrogen) atoms. The van der Waals surface area contributed by atoms with Gasteiger partial charge in [-0.2, -0.15) is 0 Å². The summed E-state index contributed by atoms with van der Waals surface area (Å²) in [5.41, 5.74) is 4.51. The van der Waals surface area contributed by atoms with Gasteiger partial charge in [-0.15, -0.1) is 0 Å². The number of hydrogen-bond acceptors (Lipinski definition) is 7. The van der Waals surface area contributed by atoms with Crippen molar-refractivity contribution in [3.8, 4) is 5.75 Å². The fraction of sp³-hybridized carbons (Fsp3) is 0.400. The number of carbonyl (C=O) groups is 2. The van der Waals surface area contributed by atoms with Gasteiger partial charge in [0.05, 0.1) is 12.3 Å². The summed E-state index contributed by atoms with van der Waals surface area (Å²) in [7, 11) is 0. The van der Waals surface area contributed by atoms with Crippen molar-refractivity contribution in [3.05, 3.63) is 80.9 Å². The van der Waals surface area contributed by atoms with Crippen molar-refractivity contribution in [1.29, 1.82) is 0 Å². The average molecular weight is 563 g/mol. The van der Waals surface area contributed by atoms with Crippen LogP contribution in [0.1, 0.15) is 58.8 Å². The summed E-state index contributed by atoms with van der Waals surface area (Å²) < 4.78 is 0. The van der Waals surface area contributed by atoms with Crippen LogP contribution in [0, 0.1) is 18.8 Å². The maximum atomic E-state index is 12.9. The molecule has 1 amide bonds. The van der Waals surface area contributed by atoms with Crippen LogP contribution in [0.4, 0.5) is 5.69 Å². The zero-order valence-electron chi connectivity index (χ0n) is 22.3. The van der Waals surface area contributed by atoms with Crippen LogP contribution in [0.25, 0.3) is 0 Å². The Hall–Kier alpha value is -3.69. The lowest BCUT2D eigenvalue weighted by molar-refractivity contribution is -0.135. The number of hydrogen-bond donors (Lipinski definition) is 4. The van der Waals surface area contributed by atoms with Gasteiger partial charge in [0.25, 0.3) is 5.91 Å². The number of piperidine rings is 1. The van der Waals surface area contributed by atoms with Gasteiger partial charge in [-0.25, -0.2) is 9.97 Å². The standard InChI is InChI=1S/C30H31ClN4O5/c1-15(28-33-16(2)27(39)26(34-28)29(40)32-13-24(37)38)30(25-17-3-5-21(25)22(31)12-17)19-7-9-35(10-8-19)23-6-4-20(30)11-18(23)14-36/h3-6,11-12,15,19,25,36,39H,7-10,13-14H2,1-2H3,(H,32,40)(H,37,38). The molecule has 3 unspecified atom stereocenters. The fourth-order valence-corrected chi connectivity index (χ4v) is 7.74. The van der Waals surface area contributed by atoms with E-state index in [0.29, 0.717) is 10.9 Å². The van der Waals surface area contributed by atoms with Crippen LogP contribution in [0.3, 0.4) is 0 Å². The number of carboxylic acids is 1. The van der Waals surface area contributed by atoms with E-state index in [2.05, 4.69) is 52.5 Å². The maximum Gasteiger partial charge on any atom is 0.322 e. The number of aliphatic hydroxyl groups excluding tert-OH is 1. The number of nitrogens with zero attached hydrogens (tertiary/aromatic N) is 3. The van der Waals surface area contributed by atoms with Gasteiger partial charge in [-0.05, 0) is 54.5 Å². The first kappa shape index (κ1) is 26.5. The lowest BCUT2D eigenvalue weighted by Crippen LogP contribution is -2.50. The number of aryl methyl sites for hydroxylation is 1. The van der Waals surface area contributed by atoms with E-state index in [4.69, 9.17) is 21.7 Å². The van der Waals surface area contributed by atoms with Gasteiger partial charge < -0.3 is 25.5 Å². The van der Waals surface area contributed by atoms with Gasteiger partial charge >= 0.3 is 5.97 Å². The number of amides is 1. The molecule has 0 spiro atoms. The smallest absolute Gasteiger partial charge is 0.322 e. The lowest BCUT2D eigenvalue weighted by Gasteiger charge is -2.51. The van der Waals surface area contributed by atoms with Gasteiger partial charge in [0.2, 0.25) is 0 Å². The number of aromatic hydroxyl groups is 1. The molecule has 1 fully saturated rings. The Bertz CT molecular complexity index is 1520. The second-order valence-corrected chi connectivity index (χ2v) is 11.5. The minimum Gasteiger partial charge on any atom is -0.504 e. The molecule has 6 heterocycles. The summed E-state index contributed by atoms with van der Waals surface area (Å²) >= 11 is 6.76. The number of benzene rings is 1. The molecular formula is C30H31ClN4O5. The summed E-state index contributed by atoms with van der Waals surface area (Å²) in [6, 6.07) is 6.34. The van der Waals surface area contributed by atoms with Crippen molar-refractivity contribution in [3.63, 3.8) is 0 Å². The van der Waals surface area contributed by atoms with Crippen LogP contribution < -0.4 is 10.2 Å². The molecule has 0 radical (unpaired) electrons. The number of carbonyl (C=O) groups excluding carboxylic acids is 1. The number of aliphatic hydroxyl groups is 1. The first-order valence-corrected chi connectivity index (χ1v) is 13.9. The van der Waals surface area contributed by atoms with E-state index >= 15 is 0 Å². The Morgan fingerprint density at radius 2 is 1.98 bits per heavy atom. The molecule has 10 heteroatoms. The summed E-state index contributed by atoms with van der Waals surface area (Å²) in [4.78, 5) is 35.6. The molecular weight excluding hydrogens is 532 g/mol. The molecule has 6 bridgehead atoms. The number of halogens is 1. The normalized spacial score (nSPS) is 25.1. The van der Waals surface area contributed by atoms with E-state index < -0.39 is 23.8 Å². The Morgan fingerprint density at radius 1 is 1.23 bits per heavy atom. The molecule has 2 aromatic rings. The van der Waals surface area contributed by atoms with Crippen LogP contribution in [0.2, 0.25) is 0 Å². The Labute approximate surface area is 236 Å². The molecule has 208 valence electrons. The number of rotatable bonds is 7. The zero-order chi connectivity index (χ0) is 28.3. The van der Waals surface area contributed by atoms with Crippen LogP contribution in [0.15, 0.2) is 52.6 Å². The number of fused-ring (bicyclic) bond motifs is 2. The monoisotopic (exact) mass is 562 g/mol.